The van der Waals surface area contributed by atoms with Crippen molar-refractivity contribution in [2.75, 3.05) is 59.0 Å². The van der Waals surface area contributed by atoms with Gasteiger partial charge in [-0.25, -0.2) is 0 Å². The lowest BCUT2D eigenvalue weighted by atomic mass is 9.95. The third kappa shape index (κ3) is 7.52. The summed E-state index contributed by atoms with van der Waals surface area (Å²) in [4.78, 5) is 20.6. The van der Waals surface area contributed by atoms with Gasteiger partial charge >= 0.3 is 0 Å². The van der Waals surface area contributed by atoms with Crippen LogP contribution in [-0.2, 0) is 9.53 Å². The first-order valence-corrected chi connectivity index (χ1v) is 8.80. The van der Waals surface area contributed by atoms with E-state index in [4.69, 9.17) is 15.5 Å². The SMILES string of the molecule is CCNC(=NCCN1CCOCC1)N1CCCC(CC(N)=O)C1.I. The molecule has 3 N–H and O–H groups in total. The third-order valence-corrected chi connectivity index (χ3v) is 4.42. The Hall–Kier alpha value is -0.610. The molecular formula is C16H32IN5O2. The van der Waals surface area contributed by atoms with Gasteiger partial charge in [-0.05, 0) is 25.7 Å². The van der Waals surface area contributed by atoms with Crippen LogP contribution in [0.3, 0.4) is 0 Å². The second kappa shape index (κ2) is 11.9. The minimum Gasteiger partial charge on any atom is -0.379 e. The topological polar surface area (TPSA) is 83.2 Å². The Labute approximate surface area is 162 Å². The molecule has 0 aliphatic carbocycles. The summed E-state index contributed by atoms with van der Waals surface area (Å²) in [7, 11) is 0. The summed E-state index contributed by atoms with van der Waals surface area (Å²) >= 11 is 0. The van der Waals surface area contributed by atoms with Crippen molar-refractivity contribution in [2.24, 2.45) is 16.6 Å². The van der Waals surface area contributed by atoms with E-state index in [-0.39, 0.29) is 29.9 Å². The number of nitrogens with two attached hydrogens (primary N) is 1. The van der Waals surface area contributed by atoms with E-state index in [0.29, 0.717) is 12.3 Å². The highest BCUT2D eigenvalue weighted by Crippen LogP contribution is 2.19. The van der Waals surface area contributed by atoms with Crippen LogP contribution < -0.4 is 11.1 Å². The number of carbonyl (C=O) groups excluding carboxylic acids is 1. The Morgan fingerprint density at radius 1 is 1.33 bits per heavy atom. The molecule has 0 aromatic carbocycles. The molecule has 24 heavy (non-hydrogen) atoms. The van der Waals surface area contributed by atoms with Gasteiger partial charge in [-0.3, -0.25) is 14.7 Å². The molecule has 2 rings (SSSR count). The number of piperidine rings is 1. The summed E-state index contributed by atoms with van der Waals surface area (Å²) in [6.45, 7) is 10.2. The molecule has 0 aromatic rings. The van der Waals surface area contributed by atoms with Crippen LogP contribution >= 0.6 is 24.0 Å². The van der Waals surface area contributed by atoms with Crippen LogP contribution in [-0.4, -0.2) is 80.7 Å². The molecule has 0 aromatic heterocycles. The number of primary amides is 1. The number of guanidine groups is 1. The molecule has 0 bridgehead atoms. The van der Waals surface area contributed by atoms with Crippen molar-refractivity contribution in [1.82, 2.24) is 15.1 Å². The number of nitrogens with one attached hydrogen (secondary N) is 1. The van der Waals surface area contributed by atoms with Gasteiger partial charge in [0.25, 0.3) is 0 Å². The third-order valence-electron chi connectivity index (χ3n) is 4.42. The van der Waals surface area contributed by atoms with E-state index in [1.165, 1.54) is 0 Å². The fourth-order valence-corrected chi connectivity index (χ4v) is 3.26. The number of morpholine rings is 1. The number of ether oxygens (including phenoxy) is 1. The number of halogens is 1. The van der Waals surface area contributed by atoms with Crippen molar-refractivity contribution in [1.29, 1.82) is 0 Å². The van der Waals surface area contributed by atoms with E-state index in [1.54, 1.807) is 0 Å². The smallest absolute Gasteiger partial charge is 0.217 e. The van der Waals surface area contributed by atoms with E-state index in [0.717, 1.165) is 77.8 Å². The van der Waals surface area contributed by atoms with Crippen molar-refractivity contribution >= 4 is 35.8 Å². The van der Waals surface area contributed by atoms with Crippen molar-refractivity contribution in [2.45, 2.75) is 26.2 Å². The molecule has 2 saturated heterocycles. The monoisotopic (exact) mass is 453 g/mol. The maximum atomic E-state index is 11.2. The van der Waals surface area contributed by atoms with Crippen molar-refractivity contribution in [3.8, 4) is 0 Å². The number of likely N-dealkylation sites (tertiary alicyclic amines) is 1. The number of carbonyl (C=O) groups is 1. The Morgan fingerprint density at radius 2 is 2.08 bits per heavy atom. The highest BCUT2D eigenvalue weighted by molar-refractivity contribution is 14.0. The van der Waals surface area contributed by atoms with E-state index >= 15 is 0 Å². The zero-order chi connectivity index (χ0) is 16.5. The van der Waals surface area contributed by atoms with Crippen LogP contribution in [0.5, 0.6) is 0 Å². The normalized spacial score (nSPS) is 22.8. The van der Waals surface area contributed by atoms with Crippen LogP contribution in [0.2, 0.25) is 0 Å². The molecule has 2 aliphatic heterocycles. The van der Waals surface area contributed by atoms with Crippen LogP contribution in [0.1, 0.15) is 26.2 Å². The Kier molecular flexibility index (Phi) is 10.6. The number of aliphatic imine (C=N–C) groups is 1. The van der Waals surface area contributed by atoms with Gasteiger partial charge < -0.3 is 20.7 Å². The molecule has 1 unspecified atom stereocenters. The molecule has 2 aliphatic rings. The maximum absolute atomic E-state index is 11.2. The van der Waals surface area contributed by atoms with Gasteiger partial charge in [-0.2, -0.15) is 0 Å². The number of rotatable bonds is 6. The molecule has 1 amide bonds. The molecule has 7 nitrogen and oxygen atoms in total. The summed E-state index contributed by atoms with van der Waals surface area (Å²) < 4.78 is 5.37. The zero-order valence-electron chi connectivity index (χ0n) is 14.7. The lowest BCUT2D eigenvalue weighted by Gasteiger charge is -2.35. The van der Waals surface area contributed by atoms with Crippen LogP contribution in [0.15, 0.2) is 4.99 Å². The first-order chi connectivity index (χ1) is 11.2. The van der Waals surface area contributed by atoms with E-state index < -0.39 is 0 Å². The molecule has 140 valence electrons. The highest BCUT2D eigenvalue weighted by Gasteiger charge is 2.23. The predicted molar refractivity (Wildman–Crippen MR) is 107 cm³/mol. The molecule has 0 radical (unpaired) electrons. The first-order valence-electron chi connectivity index (χ1n) is 8.80. The maximum Gasteiger partial charge on any atom is 0.217 e. The summed E-state index contributed by atoms with van der Waals surface area (Å²) in [6.07, 6.45) is 2.64. The van der Waals surface area contributed by atoms with Gasteiger partial charge in [-0.15, -0.1) is 24.0 Å². The van der Waals surface area contributed by atoms with Gasteiger partial charge in [0.1, 0.15) is 0 Å². The van der Waals surface area contributed by atoms with Gasteiger partial charge in [0.05, 0.1) is 19.8 Å². The second-order valence-electron chi connectivity index (χ2n) is 6.31. The van der Waals surface area contributed by atoms with Gasteiger partial charge in [-0.1, -0.05) is 0 Å². The van der Waals surface area contributed by atoms with Gasteiger partial charge in [0, 0.05) is 45.7 Å². The molecule has 0 spiro atoms. The van der Waals surface area contributed by atoms with Crippen LogP contribution in [0.25, 0.3) is 0 Å². The van der Waals surface area contributed by atoms with E-state index in [9.17, 15) is 4.79 Å². The number of nitrogens with zero attached hydrogens (tertiary/aromatic N) is 3. The fourth-order valence-electron chi connectivity index (χ4n) is 3.26. The Balaban J connectivity index is 0.00000288. The minimum absolute atomic E-state index is 0. The zero-order valence-corrected chi connectivity index (χ0v) is 17.0. The summed E-state index contributed by atoms with van der Waals surface area (Å²) in [5, 5.41) is 3.38. The fraction of sp³-hybridized carbons (Fsp3) is 0.875. The largest absolute Gasteiger partial charge is 0.379 e. The first kappa shape index (κ1) is 21.4. The van der Waals surface area contributed by atoms with E-state index in [1.807, 2.05) is 0 Å². The van der Waals surface area contributed by atoms with Crippen molar-refractivity contribution in [3.05, 3.63) is 0 Å². The van der Waals surface area contributed by atoms with Gasteiger partial charge in [0.15, 0.2) is 5.96 Å². The lowest BCUT2D eigenvalue weighted by Crippen LogP contribution is -2.47. The van der Waals surface area contributed by atoms with E-state index in [2.05, 4.69) is 22.0 Å². The number of hydrogen-bond acceptors (Lipinski definition) is 4. The average molecular weight is 453 g/mol. The summed E-state index contributed by atoms with van der Waals surface area (Å²) in [5.41, 5.74) is 5.35. The summed E-state index contributed by atoms with van der Waals surface area (Å²) in [5.74, 6) is 1.12. The van der Waals surface area contributed by atoms with Crippen LogP contribution in [0.4, 0.5) is 0 Å². The second-order valence-corrected chi connectivity index (χ2v) is 6.31. The van der Waals surface area contributed by atoms with Crippen molar-refractivity contribution in [3.63, 3.8) is 0 Å². The molecule has 1 atom stereocenters. The molecule has 2 fully saturated rings. The molecule has 8 heteroatoms. The standard InChI is InChI=1S/C16H31N5O2.HI/c1-2-18-16(19-5-7-20-8-10-23-11-9-20)21-6-3-4-14(13-21)12-15(17)22;/h14H,2-13H2,1H3,(H2,17,22)(H,18,19);1H. The Bertz CT molecular complexity index is 402. The van der Waals surface area contributed by atoms with Gasteiger partial charge in [0.2, 0.25) is 5.91 Å². The average Bonchev–Trinajstić information content (AvgIpc) is 2.55. The quantitative estimate of drug-likeness (QED) is 0.348. The number of amides is 1. The highest BCUT2D eigenvalue weighted by atomic mass is 127. The van der Waals surface area contributed by atoms with Crippen molar-refractivity contribution < 1.29 is 9.53 Å². The van der Waals surface area contributed by atoms with Crippen LogP contribution in [0, 0.1) is 5.92 Å². The Morgan fingerprint density at radius 3 is 2.75 bits per heavy atom. The molecule has 2 heterocycles. The predicted octanol–water partition coefficient (Wildman–Crippen LogP) is 0.490. The molecular weight excluding hydrogens is 421 g/mol. The lowest BCUT2D eigenvalue weighted by molar-refractivity contribution is -0.119. The molecule has 0 saturated carbocycles. The minimum atomic E-state index is -0.203. The number of hydrogen-bond donors (Lipinski definition) is 2. The summed E-state index contributed by atoms with van der Waals surface area (Å²) in [6, 6.07) is 0.